The van der Waals surface area contributed by atoms with Gasteiger partial charge < -0.3 is 0 Å². The Kier molecular flexibility index (Phi) is 3.44. The highest BCUT2D eigenvalue weighted by molar-refractivity contribution is 5.92. The van der Waals surface area contributed by atoms with Crippen molar-refractivity contribution in [1.29, 1.82) is 0 Å². The van der Waals surface area contributed by atoms with Crippen molar-refractivity contribution in [3.05, 3.63) is 22.8 Å². The molecule has 23 heavy (non-hydrogen) atoms. The fourth-order valence-electron chi connectivity index (χ4n) is 6.17. The molecule has 0 saturated heterocycles. The van der Waals surface area contributed by atoms with Gasteiger partial charge in [0, 0.05) is 17.8 Å². The van der Waals surface area contributed by atoms with E-state index in [0.29, 0.717) is 35.7 Å². The molecule has 4 rings (SSSR count). The number of ketones is 2. The Morgan fingerprint density at radius 2 is 2.00 bits per heavy atom. The quantitative estimate of drug-likeness (QED) is 0.706. The molecule has 5 unspecified atom stereocenters. The monoisotopic (exact) mass is 312 g/mol. The van der Waals surface area contributed by atoms with E-state index in [1.165, 1.54) is 17.6 Å². The number of Topliss-reactive ketones (excluding diaryl/α,β-unsaturated/α-hetero) is 1. The van der Waals surface area contributed by atoms with Gasteiger partial charge in [-0.3, -0.25) is 9.59 Å². The van der Waals surface area contributed by atoms with Crippen molar-refractivity contribution < 1.29 is 9.59 Å². The first-order valence-corrected chi connectivity index (χ1v) is 9.44. The lowest BCUT2D eigenvalue weighted by atomic mass is 9.56. The van der Waals surface area contributed by atoms with Crippen LogP contribution in [0.15, 0.2) is 22.8 Å². The summed E-state index contributed by atoms with van der Waals surface area (Å²) in [5.74, 6) is 2.82. The SMILES string of the molecule is CCC1CC2C3CC4CCC(=O)C=C4C(C)=C3CCC2(C)C1=O. The van der Waals surface area contributed by atoms with Gasteiger partial charge in [0.2, 0.25) is 0 Å². The highest BCUT2D eigenvalue weighted by atomic mass is 16.1. The van der Waals surface area contributed by atoms with Gasteiger partial charge in [0.05, 0.1) is 0 Å². The van der Waals surface area contributed by atoms with E-state index in [-0.39, 0.29) is 11.3 Å². The second-order valence-corrected chi connectivity index (χ2v) is 8.52. The average molecular weight is 312 g/mol. The third-order valence-corrected chi connectivity index (χ3v) is 7.58. The minimum absolute atomic E-state index is 0.0825. The minimum atomic E-state index is -0.0825. The lowest BCUT2D eigenvalue weighted by Crippen LogP contribution is -2.41. The summed E-state index contributed by atoms with van der Waals surface area (Å²) >= 11 is 0. The van der Waals surface area contributed by atoms with Crippen molar-refractivity contribution in [2.75, 3.05) is 0 Å². The van der Waals surface area contributed by atoms with Crippen molar-refractivity contribution in [1.82, 2.24) is 0 Å². The third-order valence-electron chi connectivity index (χ3n) is 7.58. The molecule has 5 atom stereocenters. The summed E-state index contributed by atoms with van der Waals surface area (Å²) in [7, 11) is 0. The molecular formula is C21H28O2. The molecule has 0 aromatic carbocycles. The molecule has 0 N–H and O–H groups in total. The van der Waals surface area contributed by atoms with Crippen LogP contribution in [0.2, 0.25) is 0 Å². The second-order valence-electron chi connectivity index (χ2n) is 8.52. The Labute approximate surface area is 139 Å². The summed E-state index contributed by atoms with van der Waals surface area (Å²) in [5.41, 5.74) is 4.22. The van der Waals surface area contributed by atoms with Crippen molar-refractivity contribution in [2.45, 2.75) is 65.7 Å². The van der Waals surface area contributed by atoms with Crippen LogP contribution in [-0.4, -0.2) is 11.6 Å². The molecule has 0 aliphatic heterocycles. The molecule has 0 amide bonds. The summed E-state index contributed by atoms with van der Waals surface area (Å²) in [6, 6.07) is 0. The van der Waals surface area contributed by atoms with E-state index < -0.39 is 0 Å². The van der Waals surface area contributed by atoms with Crippen LogP contribution in [0.25, 0.3) is 0 Å². The van der Waals surface area contributed by atoms with E-state index in [4.69, 9.17) is 0 Å². The van der Waals surface area contributed by atoms with E-state index in [0.717, 1.165) is 32.1 Å². The van der Waals surface area contributed by atoms with Crippen LogP contribution in [0.4, 0.5) is 0 Å². The minimum Gasteiger partial charge on any atom is -0.299 e. The highest BCUT2D eigenvalue weighted by Gasteiger charge is 2.57. The lowest BCUT2D eigenvalue weighted by molar-refractivity contribution is -0.130. The fourth-order valence-corrected chi connectivity index (χ4v) is 6.17. The Bertz CT molecular complexity index is 638. The number of carbonyl (C=O) groups is 2. The normalized spacial score (nSPS) is 43.0. The van der Waals surface area contributed by atoms with Crippen LogP contribution in [0.5, 0.6) is 0 Å². The van der Waals surface area contributed by atoms with Crippen LogP contribution in [0, 0.1) is 29.1 Å². The van der Waals surface area contributed by atoms with Crippen LogP contribution >= 0.6 is 0 Å². The summed E-state index contributed by atoms with van der Waals surface area (Å²) in [6.07, 6.45) is 9.00. The molecule has 0 bridgehead atoms. The van der Waals surface area contributed by atoms with Gasteiger partial charge in [-0.15, -0.1) is 0 Å². The smallest absolute Gasteiger partial charge is 0.156 e. The zero-order valence-corrected chi connectivity index (χ0v) is 14.7. The predicted molar refractivity (Wildman–Crippen MR) is 90.9 cm³/mol. The molecule has 0 radical (unpaired) electrons. The number of hydrogen-bond donors (Lipinski definition) is 0. The highest BCUT2D eigenvalue weighted by Crippen LogP contribution is 2.60. The van der Waals surface area contributed by atoms with Gasteiger partial charge in [-0.05, 0) is 80.4 Å². The molecule has 0 aromatic rings. The zero-order chi connectivity index (χ0) is 16.4. The number of carbonyl (C=O) groups excluding carboxylic acids is 2. The van der Waals surface area contributed by atoms with Crippen molar-refractivity contribution >= 4 is 11.6 Å². The predicted octanol–water partition coefficient (Wildman–Crippen LogP) is 4.64. The lowest BCUT2D eigenvalue weighted by Gasteiger charge is -2.48. The van der Waals surface area contributed by atoms with E-state index in [1.54, 1.807) is 5.57 Å². The van der Waals surface area contributed by atoms with E-state index in [1.807, 2.05) is 6.08 Å². The van der Waals surface area contributed by atoms with E-state index in [2.05, 4.69) is 20.8 Å². The molecule has 2 nitrogen and oxygen atoms in total. The number of hydrogen-bond acceptors (Lipinski definition) is 2. The van der Waals surface area contributed by atoms with E-state index >= 15 is 0 Å². The number of fused-ring (bicyclic) bond motifs is 4. The standard InChI is InChI=1S/C21H28O2/c1-4-13-10-19-18-9-14-5-6-15(22)11-17(14)12(2)16(18)7-8-21(19,3)20(13)23/h11,13-14,18-19H,4-10H2,1-3H3. The van der Waals surface area contributed by atoms with Gasteiger partial charge in [0.25, 0.3) is 0 Å². The summed E-state index contributed by atoms with van der Waals surface area (Å²) in [6.45, 7) is 6.65. The van der Waals surface area contributed by atoms with E-state index in [9.17, 15) is 9.59 Å². The van der Waals surface area contributed by atoms with Gasteiger partial charge in [-0.1, -0.05) is 19.4 Å². The van der Waals surface area contributed by atoms with Crippen molar-refractivity contribution in [2.24, 2.45) is 29.1 Å². The maximum Gasteiger partial charge on any atom is 0.156 e. The molecule has 0 heterocycles. The second kappa shape index (κ2) is 5.16. The summed E-state index contributed by atoms with van der Waals surface area (Å²) in [4.78, 5) is 24.7. The van der Waals surface area contributed by atoms with Crippen LogP contribution in [-0.2, 0) is 9.59 Å². The first-order valence-electron chi connectivity index (χ1n) is 9.44. The first-order chi connectivity index (χ1) is 11.0. The van der Waals surface area contributed by atoms with Gasteiger partial charge in [-0.2, -0.15) is 0 Å². The molecule has 124 valence electrons. The average Bonchev–Trinajstić information content (AvgIpc) is 2.80. The Balaban J connectivity index is 1.75. The molecule has 2 heteroatoms. The Hall–Kier alpha value is -1.18. The van der Waals surface area contributed by atoms with Gasteiger partial charge in [-0.25, -0.2) is 0 Å². The Morgan fingerprint density at radius 3 is 2.74 bits per heavy atom. The summed E-state index contributed by atoms with van der Waals surface area (Å²) in [5, 5.41) is 0. The maximum absolute atomic E-state index is 12.9. The van der Waals surface area contributed by atoms with Crippen LogP contribution in [0.3, 0.4) is 0 Å². The van der Waals surface area contributed by atoms with Gasteiger partial charge >= 0.3 is 0 Å². The molecule has 4 aliphatic carbocycles. The van der Waals surface area contributed by atoms with Gasteiger partial charge in [0.1, 0.15) is 5.78 Å². The molecule has 2 fully saturated rings. The number of allylic oxidation sites excluding steroid dienone is 4. The fraction of sp³-hybridized carbons (Fsp3) is 0.714. The molecule has 0 spiro atoms. The van der Waals surface area contributed by atoms with Crippen LogP contribution in [0.1, 0.15) is 65.7 Å². The van der Waals surface area contributed by atoms with Crippen molar-refractivity contribution in [3.63, 3.8) is 0 Å². The zero-order valence-electron chi connectivity index (χ0n) is 14.7. The number of rotatable bonds is 1. The Morgan fingerprint density at radius 1 is 1.22 bits per heavy atom. The largest absolute Gasteiger partial charge is 0.299 e. The van der Waals surface area contributed by atoms with Crippen LogP contribution < -0.4 is 0 Å². The van der Waals surface area contributed by atoms with Crippen molar-refractivity contribution in [3.8, 4) is 0 Å². The topological polar surface area (TPSA) is 34.1 Å². The first kappa shape index (κ1) is 15.4. The third kappa shape index (κ3) is 2.06. The molecular weight excluding hydrogens is 284 g/mol. The summed E-state index contributed by atoms with van der Waals surface area (Å²) < 4.78 is 0. The molecule has 4 aliphatic rings. The van der Waals surface area contributed by atoms with Gasteiger partial charge in [0.15, 0.2) is 5.78 Å². The molecule has 2 saturated carbocycles. The molecule has 0 aromatic heterocycles. The maximum atomic E-state index is 12.9.